The van der Waals surface area contributed by atoms with Gasteiger partial charge in [0.2, 0.25) is 11.9 Å². The zero-order chi connectivity index (χ0) is 24.8. The molecule has 2 aromatic carbocycles. The molecule has 182 valence electrons. The van der Waals surface area contributed by atoms with Gasteiger partial charge in [0.25, 0.3) is 5.91 Å². The molecule has 35 heavy (non-hydrogen) atoms. The molecule has 1 saturated heterocycles. The van der Waals surface area contributed by atoms with Crippen LogP contribution in [0.25, 0.3) is 10.9 Å². The Morgan fingerprint density at radius 2 is 2.06 bits per heavy atom. The molecular weight excluding hydrogens is 444 g/mol. The van der Waals surface area contributed by atoms with Crippen LogP contribution in [0, 0.1) is 0 Å². The summed E-state index contributed by atoms with van der Waals surface area (Å²) in [6.07, 6.45) is 5.86. The van der Waals surface area contributed by atoms with Gasteiger partial charge in [0.1, 0.15) is 5.75 Å². The van der Waals surface area contributed by atoms with Gasteiger partial charge in [-0.1, -0.05) is 24.3 Å². The lowest BCUT2D eigenvalue weighted by atomic mass is 10.1. The number of rotatable bonds is 8. The Hall–Kier alpha value is -3.98. The minimum absolute atomic E-state index is 0.0644. The molecule has 4 rings (SSSR count). The van der Waals surface area contributed by atoms with Crippen molar-refractivity contribution in [1.29, 1.82) is 0 Å². The van der Waals surface area contributed by atoms with Crippen LogP contribution in [0.2, 0.25) is 0 Å². The minimum Gasteiger partial charge on any atom is -0.495 e. The fraction of sp³-hybridized carbons (Fsp3) is 0.308. The summed E-state index contributed by atoms with van der Waals surface area (Å²) in [6, 6.07) is 13.0. The van der Waals surface area contributed by atoms with E-state index in [9.17, 15) is 9.59 Å². The van der Waals surface area contributed by atoms with Crippen molar-refractivity contribution in [3.63, 3.8) is 0 Å². The second-order valence-electron chi connectivity index (χ2n) is 8.70. The smallest absolute Gasteiger partial charge is 0.254 e. The molecule has 0 unspecified atom stereocenters. The van der Waals surface area contributed by atoms with Crippen molar-refractivity contribution in [2.45, 2.75) is 12.5 Å². The monoisotopic (exact) mass is 474 g/mol. The minimum atomic E-state index is -0.256. The van der Waals surface area contributed by atoms with E-state index in [1.54, 1.807) is 35.4 Å². The Balaban J connectivity index is 1.38. The molecule has 1 aliphatic rings. The van der Waals surface area contributed by atoms with E-state index in [1.165, 1.54) is 13.2 Å². The number of aromatic nitrogens is 2. The quantitative estimate of drug-likeness (QED) is 0.484. The SMILES string of the molecule is COc1cc(C(=O)N2CC[C@@H](Nc3ncc4ccccc4n3)C2)ccc1NC(=O)/C=C/CN(C)C. The fourth-order valence-corrected chi connectivity index (χ4v) is 3.94. The molecule has 9 heteroatoms. The Labute approximate surface area is 204 Å². The number of likely N-dealkylation sites (N-methyl/N-ethyl adjacent to an activating group) is 1. The number of hydrogen-bond donors (Lipinski definition) is 2. The number of carbonyl (C=O) groups excluding carboxylic acids is 2. The molecule has 3 aromatic rings. The van der Waals surface area contributed by atoms with E-state index in [1.807, 2.05) is 43.3 Å². The van der Waals surface area contributed by atoms with Crippen molar-refractivity contribution in [3.05, 3.63) is 66.4 Å². The second-order valence-corrected chi connectivity index (χ2v) is 8.70. The Morgan fingerprint density at radius 3 is 2.86 bits per heavy atom. The molecule has 1 atom stereocenters. The number of nitrogens with one attached hydrogen (secondary N) is 2. The highest BCUT2D eigenvalue weighted by atomic mass is 16.5. The third-order valence-electron chi connectivity index (χ3n) is 5.74. The van der Waals surface area contributed by atoms with Crippen LogP contribution in [-0.4, -0.2) is 78.5 Å². The van der Waals surface area contributed by atoms with Gasteiger partial charge in [-0.3, -0.25) is 9.59 Å². The standard InChI is InChI=1S/C26H30N6O3/c1-31(2)13-6-9-24(33)29-22-11-10-18(15-23(22)35-3)25(34)32-14-12-20(17-32)28-26-27-16-19-7-4-5-8-21(19)30-26/h4-11,15-16,20H,12-14,17H2,1-3H3,(H,29,33)(H,27,28,30)/b9-6+/t20-/m1/s1. The summed E-state index contributed by atoms with van der Waals surface area (Å²) in [5, 5.41) is 7.13. The summed E-state index contributed by atoms with van der Waals surface area (Å²) in [6.45, 7) is 1.84. The topological polar surface area (TPSA) is 99.7 Å². The number of nitrogens with zero attached hydrogens (tertiary/aromatic N) is 4. The van der Waals surface area contributed by atoms with E-state index in [0.29, 0.717) is 42.6 Å². The number of para-hydroxylation sites is 1. The first-order valence-corrected chi connectivity index (χ1v) is 11.5. The molecule has 9 nitrogen and oxygen atoms in total. The number of fused-ring (bicyclic) bond motifs is 1. The van der Waals surface area contributed by atoms with Gasteiger partial charge in [-0.25, -0.2) is 9.97 Å². The molecule has 0 saturated carbocycles. The average molecular weight is 475 g/mol. The van der Waals surface area contributed by atoms with E-state index < -0.39 is 0 Å². The van der Waals surface area contributed by atoms with Crippen LogP contribution in [0.1, 0.15) is 16.8 Å². The van der Waals surface area contributed by atoms with Gasteiger partial charge < -0.3 is 25.2 Å². The first-order chi connectivity index (χ1) is 16.9. The van der Waals surface area contributed by atoms with Crippen molar-refractivity contribution in [1.82, 2.24) is 19.8 Å². The first-order valence-electron chi connectivity index (χ1n) is 11.5. The fourth-order valence-electron chi connectivity index (χ4n) is 3.94. The molecule has 1 fully saturated rings. The maximum atomic E-state index is 13.1. The lowest BCUT2D eigenvalue weighted by Crippen LogP contribution is -2.31. The van der Waals surface area contributed by atoms with Crippen molar-refractivity contribution in [3.8, 4) is 5.75 Å². The molecule has 2 amide bonds. The summed E-state index contributed by atoms with van der Waals surface area (Å²) in [5.41, 5.74) is 1.90. The predicted octanol–water partition coefficient (Wildman–Crippen LogP) is 3.02. The maximum Gasteiger partial charge on any atom is 0.254 e. The zero-order valence-corrected chi connectivity index (χ0v) is 20.2. The zero-order valence-electron chi connectivity index (χ0n) is 20.2. The summed E-state index contributed by atoms with van der Waals surface area (Å²) < 4.78 is 5.43. The van der Waals surface area contributed by atoms with Gasteiger partial charge in [-0.2, -0.15) is 0 Å². The highest BCUT2D eigenvalue weighted by Crippen LogP contribution is 2.27. The highest BCUT2D eigenvalue weighted by molar-refractivity contribution is 6.01. The molecule has 1 aromatic heterocycles. The van der Waals surface area contributed by atoms with E-state index in [0.717, 1.165) is 17.3 Å². The second kappa shape index (κ2) is 11.0. The number of hydrogen-bond acceptors (Lipinski definition) is 7. The molecule has 0 spiro atoms. The van der Waals surface area contributed by atoms with Gasteiger partial charge in [-0.15, -0.1) is 0 Å². The Kier molecular flexibility index (Phi) is 7.57. The van der Waals surface area contributed by atoms with Crippen molar-refractivity contribution in [2.75, 3.05) is 51.5 Å². The maximum absolute atomic E-state index is 13.1. The number of carbonyl (C=O) groups is 2. The normalized spacial score (nSPS) is 15.7. The third-order valence-corrected chi connectivity index (χ3v) is 5.74. The van der Waals surface area contributed by atoms with Crippen LogP contribution >= 0.6 is 0 Å². The number of ether oxygens (including phenoxy) is 1. The number of methoxy groups -OCH3 is 1. The summed E-state index contributed by atoms with van der Waals surface area (Å²) in [7, 11) is 5.37. The van der Waals surface area contributed by atoms with Crippen molar-refractivity contribution >= 4 is 34.4 Å². The molecule has 1 aliphatic heterocycles. The van der Waals surface area contributed by atoms with Gasteiger partial charge in [-0.05, 0) is 44.8 Å². The van der Waals surface area contributed by atoms with Gasteiger partial charge >= 0.3 is 0 Å². The van der Waals surface area contributed by atoms with Crippen molar-refractivity contribution < 1.29 is 14.3 Å². The molecule has 0 radical (unpaired) electrons. The van der Waals surface area contributed by atoms with E-state index >= 15 is 0 Å². The highest BCUT2D eigenvalue weighted by Gasteiger charge is 2.28. The number of amides is 2. The third kappa shape index (κ3) is 6.13. The molecular formula is C26H30N6O3. The van der Waals surface area contributed by atoms with Gasteiger partial charge in [0, 0.05) is 48.9 Å². The number of anilines is 2. The van der Waals surface area contributed by atoms with Crippen LogP contribution in [0.3, 0.4) is 0 Å². The van der Waals surface area contributed by atoms with Crippen LogP contribution in [0.5, 0.6) is 5.75 Å². The molecule has 2 heterocycles. The van der Waals surface area contributed by atoms with E-state index in [2.05, 4.69) is 20.6 Å². The summed E-state index contributed by atoms with van der Waals surface area (Å²) >= 11 is 0. The lowest BCUT2D eigenvalue weighted by Gasteiger charge is -2.18. The Bertz CT molecular complexity index is 1240. The van der Waals surface area contributed by atoms with Crippen LogP contribution in [-0.2, 0) is 4.79 Å². The van der Waals surface area contributed by atoms with Crippen molar-refractivity contribution in [2.24, 2.45) is 0 Å². The van der Waals surface area contributed by atoms with Crippen LogP contribution in [0.15, 0.2) is 60.8 Å². The number of likely N-dealkylation sites (tertiary alicyclic amines) is 1. The van der Waals surface area contributed by atoms with E-state index in [4.69, 9.17) is 4.74 Å². The van der Waals surface area contributed by atoms with E-state index in [-0.39, 0.29) is 17.9 Å². The first kappa shape index (κ1) is 24.2. The largest absolute Gasteiger partial charge is 0.495 e. The van der Waals surface area contributed by atoms with Gasteiger partial charge in [0.15, 0.2) is 0 Å². The average Bonchev–Trinajstić information content (AvgIpc) is 3.32. The molecule has 0 bridgehead atoms. The predicted molar refractivity (Wildman–Crippen MR) is 137 cm³/mol. The Morgan fingerprint density at radius 1 is 1.23 bits per heavy atom. The van der Waals surface area contributed by atoms with Crippen LogP contribution in [0.4, 0.5) is 11.6 Å². The molecule has 0 aliphatic carbocycles. The summed E-state index contributed by atoms with van der Waals surface area (Å²) in [5.74, 6) is 0.650. The summed E-state index contributed by atoms with van der Waals surface area (Å²) in [4.78, 5) is 38.0. The lowest BCUT2D eigenvalue weighted by molar-refractivity contribution is -0.111. The number of benzene rings is 2. The van der Waals surface area contributed by atoms with Crippen LogP contribution < -0.4 is 15.4 Å². The molecule has 2 N–H and O–H groups in total. The van der Waals surface area contributed by atoms with Gasteiger partial charge in [0.05, 0.1) is 18.3 Å².